The Labute approximate surface area is 81.2 Å². The van der Waals surface area contributed by atoms with Crippen LogP contribution in [-0.4, -0.2) is 9.97 Å². The van der Waals surface area contributed by atoms with Crippen LogP contribution in [0, 0.1) is 11.3 Å². The number of aromatic nitrogens is 2. The molecule has 0 spiro atoms. The van der Waals surface area contributed by atoms with E-state index in [-0.39, 0.29) is 0 Å². The second-order valence-corrected chi connectivity index (χ2v) is 3.58. The number of pyridine rings is 1. The van der Waals surface area contributed by atoms with E-state index in [0.717, 1.165) is 0 Å². The zero-order valence-corrected chi connectivity index (χ0v) is 7.98. The fourth-order valence-electron chi connectivity index (χ4n) is 1.08. The molecular formula is C10H9N3O. The Balaban J connectivity index is 2.62. The minimum atomic E-state index is -0.708. The molecule has 4 nitrogen and oxygen atoms in total. The molecule has 0 aliphatic rings. The predicted octanol–water partition coefficient (Wildman–Crippen LogP) is 2.02. The smallest absolute Gasteiger partial charge is 0.216 e. The van der Waals surface area contributed by atoms with Gasteiger partial charge in [-0.25, -0.2) is 4.98 Å². The summed E-state index contributed by atoms with van der Waals surface area (Å²) in [4.78, 5) is 8.19. The number of hydrogen-bond donors (Lipinski definition) is 0. The highest BCUT2D eigenvalue weighted by Gasteiger charge is 2.26. The van der Waals surface area contributed by atoms with Crippen LogP contribution >= 0.6 is 0 Å². The Kier molecular flexibility index (Phi) is 1.74. The van der Waals surface area contributed by atoms with Crippen LogP contribution in [0.2, 0.25) is 0 Å². The number of fused-ring (bicyclic) bond motifs is 1. The van der Waals surface area contributed by atoms with Gasteiger partial charge in [0, 0.05) is 6.20 Å². The summed E-state index contributed by atoms with van der Waals surface area (Å²) in [6.45, 7) is 3.52. The molecule has 0 atom stereocenters. The third-order valence-corrected chi connectivity index (χ3v) is 1.98. The van der Waals surface area contributed by atoms with Crippen LogP contribution in [0.4, 0.5) is 0 Å². The van der Waals surface area contributed by atoms with Gasteiger partial charge in [0.1, 0.15) is 5.41 Å². The van der Waals surface area contributed by atoms with Crippen LogP contribution < -0.4 is 0 Å². The lowest BCUT2D eigenvalue weighted by molar-refractivity contribution is 0.450. The monoisotopic (exact) mass is 187 g/mol. The Hall–Kier alpha value is -1.89. The Morgan fingerprint density at radius 2 is 2.29 bits per heavy atom. The van der Waals surface area contributed by atoms with E-state index in [1.165, 1.54) is 0 Å². The molecular weight excluding hydrogens is 178 g/mol. The van der Waals surface area contributed by atoms with Crippen molar-refractivity contribution < 1.29 is 4.42 Å². The third kappa shape index (κ3) is 1.23. The van der Waals surface area contributed by atoms with E-state index in [1.54, 1.807) is 32.2 Å². The van der Waals surface area contributed by atoms with Gasteiger partial charge >= 0.3 is 0 Å². The van der Waals surface area contributed by atoms with E-state index in [1.807, 2.05) is 0 Å². The zero-order chi connectivity index (χ0) is 10.2. The van der Waals surface area contributed by atoms with E-state index in [4.69, 9.17) is 9.68 Å². The van der Waals surface area contributed by atoms with Crippen molar-refractivity contribution in [2.45, 2.75) is 19.3 Å². The van der Waals surface area contributed by atoms with Crippen LogP contribution in [0.15, 0.2) is 22.7 Å². The summed E-state index contributed by atoms with van der Waals surface area (Å²) in [6.07, 6.45) is 1.65. The Morgan fingerprint density at radius 3 is 2.93 bits per heavy atom. The van der Waals surface area contributed by atoms with E-state index >= 15 is 0 Å². The van der Waals surface area contributed by atoms with Gasteiger partial charge < -0.3 is 4.42 Å². The molecule has 0 amide bonds. The predicted molar refractivity (Wildman–Crippen MR) is 50.4 cm³/mol. The molecule has 4 heteroatoms. The summed E-state index contributed by atoms with van der Waals surface area (Å²) in [6, 6.07) is 5.69. The molecule has 2 rings (SSSR count). The van der Waals surface area contributed by atoms with Crippen molar-refractivity contribution in [1.82, 2.24) is 9.97 Å². The second-order valence-electron chi connectivity index (χ2n) is 3.58. The van der Waals surface area contributed by atoms with Crippen molar-refractivity contribution >= 4 is 11.2 Å². The highest BCUT2D eigenvalue weighted by Crippen LogP contribution is 2.24. The average Bonchev–Trinajstić information content (AvgIpc) is 2.61. The molecule has 2 aromatic heterocycles. The highest BCUT2D eigenvalue weighted by molar-refractivity contribution is 5.67. The van der Waals surface area contributed by atoms with Gasteiger partial charge in [-0.15, -0.1) is 0 Å². The van der Waals surface area contributed by atoms with Crippen molar-refractivity contribution in [3.05, 3.63) is 24.2 Å². The quantitative estimate of drug-likeness (QED) is 0.685. The lowest BCUT2D eigenvalue weighted by Crippen LogP contribution is -2.13. The maximum absolute atomic E-state index is 8.90. The molecule has 0 bridgehead atoms. The van der Waals surface area contributed by atoms with Crippen LogP contribution in [0.25, 0.3) is 11.2 Å². The van der Waals surface area contributed by atoms with E-state index in [9.17, 15) is 0 Å². The lowest BCUT2D eigenvalue weighted by Gasteiger charge is -2.07. The molecule has 0 aromatic carbocycles. The molecule has 0 radical (unpaired) electrons. The first-order chi connectivity index (χ1) is 6.63. The summed E-state index contributed by atoms with van der Waals surface area (Å²) < 4.78 is 5.43. The summed E-state index contributed by atoms with van der Waals surface area (Å²) in [7, 11) is 0. The first-order valence-electron chi connectivity index (χ1n) is 4.27. The van der Waals surface area contributed by atoms with Gasteiger partial charge in [-0.3, -0.25) is 0 Å². The number of oxazole rings is 1. The fourth-order valence-corrected chi connectivity index (χ4v) is 1.08. The zero-order valence-electron chi connectivity index (χ0n) is 7.98. The Bertz CT molecular complexity index is 474. The van der Waals surface area contributed by atoms with Crippen molar-refractivity contribution in [1.29, 1.82) is 5.26 Å². The Morgan fingerprint density at radius 1 is 1.50 bits per heavy atom. The largest absolute Gasteiger partial charge is 0.437 e. The number of nitrogens with zero attached hydrogens (tertiary/aromatic N) is 3. The molecule has 0 aliphatic heterocycles. The van der Waals surface area contributed by atoms with Crippen molar-refractivity contribution in [2.24, 2.45) is 0 Å². The van der Waals surface area contributed by atoms with E-state index in [2.05, 4.69) is 16.0 Å². The molecule has 0 unspecified atom stereocenters. The summed E-state index contributed by atoms with van der Waals surface area (Å²) in [5, 5.41) is 8.90. The first kappa shape index (κ1) is 8.70. The molecule has 0 fully saturated rings. The molecule has 0 saturated carbocycles. The van der Waals surface area contributed by atoms with Crippen LogP contribution in [0.1, 0.15) is 19.7 Å². The van der Waals surface area contributed by atoms with Crippen LogP contribution in [0.5, 0.6) is 0 Å². The van der Waals surface area contributed by atoms with Gasteiger partial charge in [-0.1, -0.05) is 0 Å². The fraction of sp³-hybridized carbons (Fsp3) is 0.300. The molecule has 2 aromatic rings. The van der Waals surface area contributed by atoms with E-state index < -0.39 is 5.41 Å². The molecule has 0 saturated heterocycles. The third-order valence-electron chi connectivity index (χ3n) is 1.98. The van der Waals surface area contributed by atoms with Gasteiger partial charge in [0.25, 0.3) is 0 Å². The van der Waals surface area contributed by atoms with Gasteiger partial charge in [0.2, 0.25) is 5.89 Å². The number of rotatable bonds is 1. The average molecular weight is 187 g/mol. The minimum Gasteiger partial charge on any atom is -0.437 e. The maximum atomic E-state index is 8.90. The second kappa shape index (κ2) is 2.81. The van der Waals surface area contributed by atoms with Gasteiger partial charge in [-0.05, 0) is 26.0 Å². The van der Waals surface area contributed by atoms with E-state index in [0.29, 0.717) is 17.1 Å². The van der Waals surface area contributed by atoms with Gasteiger partial charge in [0.15, 0.2) is 11.2 Å². The highest BCUT2D eigenvalue weighted by atomic mass is 16.3. The van der Waals surface area contributed by atoms with Crippen LogP contribution in [-0.2, 0) is 5.41 Å². The summed E-state index contributed by atoms with van der Waals surface area (Å²) in [5.74, 6) is 0.411. The number of hydrogen-bond acceptors (Lipinski definition) is 4. The first-order valence-corrected chi connectivity index (χ1v) is 4.27. The summed E-state index contributed by atoms with van der Waals surface area (Å²) in [5.41, 5.74) is 0.456. The normalized spacial score (nSPS) is 11.5. The lowest BCUT2D eigenvalue weighted by atomic mass is 9.96. The minimum absolute atomic E-state index is 0.411. The maximum Gasteiger partial charge on any atom is 0.216 e. The standard InChI is InChI=1S/C10H9N3O/c1-10(2,6-11)9-13-8-7(14-9)4-3-5-12-8/h3-5H,1-2H3. The summed E-state index contributed by atoms with van der Waals surface area (Å²) >= 11 is 0. The van der Waals surface area contributed by atoms with Crippen LogP contribution in [0.3, 0.4) is 0 Å². The van der Waals surface area contributed by atoms with Crippen molar-refractivity contribution in [3.63, 3.8) is 0 Å². The topological polar surface area (TPSA) is 62.7 Å². The SMILES string of the molecule is CC(C)(C#N)c1nc2ncccc2o1. The molecule has 2 heterocycles. The van der Waals surface area contributed by atoms with Crippen molar-refractivity contribution in [2.75, 3.05) is 0 Å². The van der Waals surface area contributed by atoms with Gasteiger partial charge in [0.05, 0.1) is 6.07 Å². The molecule has 0 N–H and O–H groups in total. The van der Waals surface area contributed by atoms with Gasteiger partial charge in [-0.2, -0.15) is 10.2 Å². The molecule has 0 aliphatic carbocycles. The molecule has 70 valence electrons. The van der Waals surface area contributed by atoms with Crippen molar-refractivity contribution in [3.8, 4) is 6.07 Å². The number of nitriles is 1. The molecule has 14 heavy (non-hydrogen) atoms.